The normalized spacial score (nSPS) is 12.3. The van der Waals surface area contributed by atoms with Gasteiger partial charge in [0, 0.05) is 26.8 Å². The molecule has 0 aromatic heterocycles. The molecule has 1 aromatic rings. The van der Waals surface area contributed by atoms with E-state index in [1.165, 1.54) is 5.56 Å². The first-order valence-electron chi connectivity index (χ1n) is 7.21. The minimum absolute atomic E-state index is 0.433. The van der Waals surface area contributed by atoms with Gasteiger partial charge < -0.3 is 19.5 Å². The van der Waals surface area contributed by atoms with Gasteiger partial charge in [-0.2, -0.15) is 0 Å². The number of benzene rings is 1. The predicted molar refractivity (Wildman–Crippen MR) is 81.4 cm³/mol. The predicted octanol–water partition coefficient (Wildman–Crippen LogP) is 2.13. The molecule has 0 aliphatic rings. The molecule has 1 N–H and O–H groups in total. The number of methoxy groups -OCH3 is 2. The lowest BCUT2D eigenvalue weighted by Crippen LogP contribution is -2.30. The highest BCUT2D eigenvalue weighted by atomic mass is 16.5. The van der Waals surface area contributed by atoms with Crippen LogP contribution in [0.4, 0.5) is 0 Å². The molecule has 0 saturated carbocycles. The van der Waals surface area contributed by atoms with Crippen LogP contribution in [0.5, 0.6) is 5.75 Å². The van der Waals surface area contributed by atoms with Crippen LogP contribution < -0.4 is 10.1 Å². The third-order valence-corrected chi connectivity index (χ3v) is 3.17. The van der Waals surface area contributed by atoms with Gasteiger partial charge in [0.15, 0.2) is 0 Å². The van der Waals surface area contributed by atoms with E-state index in [1.807, 2.05) is 25.1 Å². The van der Waals surface area contributed by atoms with Crippen LogP contribution in [0.15, 0.2) is 24.3 Å². The van der Waals surface area contributed by atoms with Crippen molar-refractivity contribution in [1.82, 2.24) is 5.32 Å². The summed E-state index contributed by atoms with van der Waals surface area (Å²) in [6.45, 7) is 6.05. The fourth-order valence-corrected chi connectivity index (χ4v) is 2.14. The molecule has 4 heteroatoms. The molecular weight excluding hydrogens is 254 g/mol. The van der Waals surface area contributed by atoms with Gasteiger partial charge in [0.25, 0.3) is 0 Å². The molecule has 114 valence electrons. The molecular formula is C16H27NO3. The van der Waals surface area contributed by atoms with E-state index in [4.69, 9.17) is 14.2 Å². The third-order valence-electron chi connectivity index (χ3n) is 3.17. The third kappa shape index (κ3) is 6.37. The van der Waals surface area contributed by atoms with Gasteiger partial charge in [-0.25, -0.2) is 0 Å². The first-order chi connectivity index (χ1) is 9.81. The minimum atomic E-state index is 0.433. The Morgan fingerprint density at radius 3 is 2.70 bits per heavy atom. The van der Waals surface area contributed by atoms with Gasteiger partial charge in [-0.1, -0.05) is 18.2 Å². The van der Waals surface area contributed by atoms with Crippen molar-refractivity contribution in [2.24, 2.45) is 5.92 Å². The van der Waals surface area contributed by atoms with Crippen molar-refractivity contribution in [2.75, 3.05) is 47.1 Å². The maximum Gasteiger partial charge on any atom is 0.122 e. The first kappa shape index (κ1) is 17.0. The Bertz CT molecular complexity index is 357. The molecule has 1 aromatic carbocycles. The highest BCUT2D eigenvalue weighted by Crippen LogP contribution is 2.21. The Balaban J connectivity index is 2.53. The molecule has 0 radical (unpaired) electrons. The first-order valence-corrected chi connectivity index (χ1v) is 7.21. The van der Waals surface area contributed by atoms with Crippen LogP contribution in [0.1, 0.15) is 12.5 Å². The van der Waals surface area contributed by atoms with Crippen molar-refractivity contribution >= 4 is 0 Å². The Morgan fingerprint density at radius 2 is 2.00 bits per heavy atom. The summed E-state index contributed by atoms with van der Waals surface area (Å²) in [5.41, 5.74) is 1.23. The smallest absolute Gasteiger partial charge is 0.122 e. The van der Waals surface area contributed by atoms with Gasteiger partial charge in [-0.05, 0) is 30.9 Å². The Morgan fingerprint density at radius 1 is 1.20 bits per heavy atom. The number of para-hydroxylation sites is 1. The average molecular weight is 281 g/mol. The largest absolute Gasteiger partial charge is 0.496 e. The van der Waals surface area contributed by atoms with Crippen LogP contribution in [-0.4, -0.2) is 47.1 Å². The van der Waals surface area contributed by atoms with Crippen LogP contribution in [0.2, 0.25) is 0 Å². The van der Waals surface area contributed by atoms with Crippen molar-refractivity contribution in [3.8, 4) is 5.75 Å². The van der Waals surface area contributed by atoms with E-state index in [2.05, 4.69) is 11.4 Å². The highest BCUT2D eigenvalue weighted by Gasteiger charge is 2.12. The number of nitrogens with one attached hydrogen (secondary N) is 1. The van der Waals surface area contributed by atoms with Gasteiger partial charge in [-0.15, -0.1) is 0 Å². The summed E-state index contributed by atoms with van der Waals surface area (Å²) in [6.07, 6.45) is 0.948. The van der Waals surface area contributed by atoms with Gasteiger partial charge in [0.05, 0.1) is 20.3 Å². The maximum absolute atomic E-state index is 5.59. The Kier molecular flexibility index (Phi) is 9.04. The van der Waals surface area contributed by atoms with Gasteiger partial charge in [0.2, 0.25) is 0 Å². The molecule has 0 spiro atoms. The molecule has 1 atom stereocenters. The van der Waals surface area contributed by atoms with E-state index in [0.717, 1.165) is 45.1 Å². The molecule has 4 nitrogen and oxygen atoms in total. The molecule has 20 heavy (non-hydrogen) atoms. The molecule has 0 heterocycles. The van der Waals surface area contributed by atoms with E-state index in [1.54, 1.807) is 14.2 Å². The molecule has 0 fully saturated rings. The van der Waals surface area contributed by atoms with Crippen LogP contribution in [0.3, 0.4) is 0 Å². The zero-order chi connectivity index (χ0) is 14.6. The lowest BCUT2D eigenvalue weighted by Gasteiger charge is -2.19. The molecule has 0 amide bonds. The fraction of sp³-hybridized carbons (Fsp3) is 0.625. The second-order valence-electron chi connectivity index (χ2n) is 4.74. The number of hydrogen-bond acceptors (Lipinski definition) is 4. The van der Waals surface area contributed by atoms with Crippen LogP contribution in [-0.2, 0) is 15.9 Å². The van der Waals surface area contributed by atoms with E-state index in [9.17, 15) is 0 Å². The van der Waals surface area contributed by atoms with E-state index < -0.39 is 0 Å². The standard InChI is InChI=1S/C16H27NO3/c1-4-20-13-14(12-17-9-10-18-2)11-15-7-5-6-8-16(15)19-3/h5-8,14,17H,4,9-13H2,1-3H3. The van der Waals surface area contributed by atoms with Crippen LogP contribution in [0.25, 0.3) is 0 Å². The summed E-state index contributed by atoms with van der Waals surface area (Å²) < 4.78 is 16.0. The second kappa shape index (κ2) is 10.7. The second-order valence-corrected chi connectivity index (χ2v) is 4.74. The maximum atomic E-state index is 5.59. The van der Waals surface area contributed by atoms with E-state index in [-0.39, 0.29) is 0 Å². The summed E-state index contributed by atoms with van der Waals surface area (Å²) in [7, 11) is 3.43. The number of hydrogen-bond donors (Lipinski definition) is 1. The topological polar surface area (TPSA) is 39.7 Å². The van der Waals surface area contributed by atoms with Crippen LogP contribution in [0, 0.1) is 5.92 Å². The summed E-state index contributed by atoms with van der Waals surface area (Å²) in [5.74, 6) is 1.38. The number of rotatable bonds is 11. The molecule has 0 aliphatic carbocycles. The van der Waals surface area contributed by atoms with E-state index in [0.29, 0.717) is 5.92 Å². The monoisotopic (exact) mass is 281 g/mol. The molecule has 0 aliphatic heterocycles. The zero-order valence-electron chi connectivity index (χ0n) is 12.9. The fourth-order valence-electron chi connectivity index (χ4n) is 2.14. The summed E-state index contributed by atoms with van der Waals surface area (Å²) >= 11 is 0. The summed E-state index contributed by atoms with van der Waals surface area (Å²) in [4.78, 5) is 0. The number of ether oxygens (including phenoxy) is 3. The summed E-state index contributed by atoms with van der Waals surface area (Å²) in [6, 6.07) is 8.17. The van der Waals surface area contributed by atoms with Crippen molar-refractivity contribution in [3.63, 3.8) is 0 Å². The molecule has 0 bridgehead atoms. The van der Waals surface area contributed by atoms with Crippen molar-refractivity contribution < 1.29 is 14.2 Å². The quantitative estimate of drug-likeness (QED) is 0.631. The van der Waals surface area contributed by atoms with Gasteiger partial charge >= 0.3 is 0 Å². The van der Waals surface area contributed by atoms with Gasteiger partial charge in [0.1, 0.15) is 5.75 Å². The molecule has 1 rings (SSSR count). The molecule has 1 unspecified atom stereocenters. The lowest BCUT2D eigenvalue weighted by molar-refractivity contribution is 0.108. The van der Waals surface area contributed by atoms with Gasteiger partial charge in [-0.3, -0.25) is 0 Å². The SMILES string of the molecule is CCOCC(CNCCOC)Cc1ccccc1OC. The van der Waals surface area contributed by atoms with Crippen LogP contribution >= 0.6 is 0 Å². The van der Waals surface area contributed by atoms with Crippen molar-refractivity contribution in [2.45, 2.75) is 13.3 Å². The summed E-state index contributed by atoms with van der Waals surface area (Å²) in [5, 5.41) is 3.41. The minimum Gasteiger partial charge on any atom is -0.496 e. The van der Waals surface area contributed by atoms with E-state index >= 15 is 0 Å². The lowest BCUT2D eigenvalue weighted by atomic mass is 9.99. The average Bonchev–Trinajstić information content (AvgIpc) is 2.49. The molecule has 0 saturated heterocycles. The zero-order valence-corrected chi connectivity index (χ0v) is 12.9. The highest BCUT2D eigenvalue weighted by molar-refractivity contribution is 5.33. The Labute approximate surface area is 122 Å². The Hall–Kier alpha value is -1.10. The van der Waals surface area contributed by atoms with Crippen molar-refractivity contribution in [1.29, 1.82) is 0 Å². The van der Waals surface area contributed by atoms with Crippen molar-refractivity contribution in [3.05, 3.63) is 29.8 Å².